The van der Waals surface area contributed by atoms with E-state index in [1.54, 1.807) is 12.2 Å². The lowest BCUT2D eigenvalue weighted by Gasteiger charge is -2.48. The number of carbonyl (C=O) groups excluding carboxylic acids is 1. The summed E-state index contributed by atoms with van der Waals surface area (Å²) in [5.74, 6) is -0.304. The minimum atomic E-state index is -1.98. The van der Waals surface area contributed by atoms with Crippen LogP contribution >= 0.6 is 0 Å². The lowest BCUT2D eigenvalue weighted by molar-refractivity contribution is -0.379. The molecular weight excluding hydrogens is 1070 g/mol. The maximum absolute atomic E-state index is 13.3. The largest absolute Gasteiger partial charge is 0.394 e. The molecule has 0 saturated carbocycles. The van der Waals surface area contributed by atoms with Crippen LogP contribution in [0.15, 0.2) is 109 Å². The number of unbranched alkanes of at least 4 members (excludes halogenated alkanes) is 11. The Kier molecular flexibility index (Phi) is 40.6. The average Bonchev–Trinajstić information content (AvgIpc) is 3.69. The molecule has 3 saturated heterocycles. The zero-order valence-electron chi connectivity index (χ0n) is 49.4. The first-order valence-corrected chi connectivity index (χ1v) is 30.6. The van der Waals surface area contributed by atoms with Crippen molar-refractivity contribution in [3.05, 3.63) is 109 Å². The Balaban J connectivity index is 1.37. The minimum Gasteiger partial charge on any atom is -0.394 e. The highest BCUT2D eigenvalue weighted by atomic mass is 16.8. The van der Waals surface area contributed by atoms with Crippen molar-refractivity contribution in [2.75, 3.05) is 26.4 Å². The van der Waals surface area contributed by atoms with Gasteiger partial charge in [0.1, 0.15) is 73.2 Å². The van der Waals surface area contributed by atoms with E-state index in [0.29, 0.717) is 12.8 Å². The molecule has 83 heavy (non-hydrogen) atoms. The molecule has 17 atom stereocenters. The predicted octanol–water partition coefficient (Wildman–Crippen LogP) is 5.92. The standard InChI is InChI=1S/C64H105NO18/c1-3-5-7-9-11-12-13-14-15-16-17-18-19-20-21-22-23-24-25-26-27-28-29-30-31-32-33-34-36-38-40-42-52(70)65-47(48(69)41-39-37-35-10-8-6-4-2)46-78-62-58(76)55(73)60(50(44-67)80-62)83-64-59(77)56(74)61(51(45-68)81-64)82-63-57(75)54(72)53(71)49(43-66)79-63/h5,7-8,10-12,14-15,17-18,20-21,23-24,26-27,39,41,47-51,53-64,66-69,71-77H,3-4,6,9,13,16,19,22,25,28-38,40,42-46H2,1-2H3,(H,65,70)/b7-5-,10-8+,12-11-,15-14-,18-17-,21-20-,24-23-,27-26-,41-39+. The Morgan fingerprint density at radius 3 is 1.34 bits per heavy atom. The number of ether oxygens (including phenoxy) is 6. The first kappa shape index (κ1) is 73.7. The Morgan fingerprint density at radius 2 is 0.843 bits per heavy atom. The number of rotatable bonds is 43. The van der Waals surface area contributed by atoms with Gasteiger partial charge in [-0.25, -0.2) is 0 Å². The van der Waals surface area contributed by atoms with Crippen LogP contribution in [0.1, 0.15) is 155 Å². The highest BCUT2D eigenvalue weighted by Gasteiger charge is 2.53. The van der Waals surface area contributed by atoms with Gasteiger partial charge in [-0.05, 0) is 83.5 Å². The van der Waals surface area contributed by atoms with Crippen LogP contribution in [0.25, 0.3) is 0 Å². The van der Waals surface area contributed by atoms with Crippen molar-refractivity contribution < 1.29 is 89.4 Å². The number of aliphatic hydroxyl groups excluding tert-OH is 11. The second-order valence-electron chi connectivity index (χ2n) is 21.4. The molecule has 3 aliphatic heterocycles. The fraction of sp³-hybridized carbons (Fsp3) is 0.703. The normalized spacial score (nSPS) is 30.2. The zero-order chi connectivity index (χ0) is 60.5. The fourth-order valence-electron chi connectivity index (χ4n) is 9.54. The summed E-state index contributed by atoms with van der Waals surface area (Å²) in [7, 11) is 0. The molecule has 3 aliphatic rings. The number of nitrogens with one attached hydrogen (secondary N) is 1. The molecular formula is C64H105NO18. The van der Waals surface area contributed by atoms with Crippen LogP contribution in [-0.4, -0.2) is 193 Å². The molecule has 0 aliphatic carbocycles. The maximum atomic E-state index is 13.3. The van der Waals surface area contributed by atoms with Crippen LogP contribution < -0.4 is 5.32 Å². The number of aliphatic hydroxyl groups is 11. The van der Waals surface area contributed by atoms with Crippen molar-refractivity contribution in [3.63, 3.8) is 0 Å². The van der Waals surface area contributed by atoms with Gasteiger partial charge in [0.15, 0.2) is 18.9 Å². The van der Waals surface area contributed by atoms with E-state index in [2.05, 4.69) is 116 Å². The van der Waals surface area contributed by atoms with Crippen molar-refractivity contribution >= 4 is 5.91 Å². The Hall–Kier alpha value is -3.55. The molecule has 3 heterocycles. The Morgan fingerprint density at radius 1 is 0.446 bits per heavy atom. The van der Waals surface area contributed by atoms with E-state index in [9.17, 15) is 61.0 Å². The molecule has 12 N–H and O–H groups in total. The van der Waals surface area contributed by atoms with Gasteiger partial charge in [0.05, 0.1) is 38.6 Å². The number of carbonyl (C=O) groups is 1. The summed E-state index contributed by atoms with van der Waals surface area (Å²) in [5, 5.41) is 120. The van der Waals surface area contributed by atoms with Gasteiger partial charge in [0, 0.05) is 6.42 Å². The number of hydrogen-bond acceptors (Lipinski definition) is 18. The number of amides is 1. The topological polar surface area (TPSA) is 307 Å². The summed E-state index contributed by atoms with van der Waals surface area (Å²) in [6.07, 6.45) is 32.7. The quantitative estimate of drug-likeness (QED) is 0.0249. The van der Waals surface area contributed by atoms with E-state index in [0.717, 1.165) is 96.3 Å². The second kappa shape index (κ2) is 45.7. The predicted molar refractivity (Wildman–Crippen MR) is 318 cm³/mol. The molecule has 0 aromatic carbocycles. The van der Waals surface area contributed by atoms with Gasteiger partial charge in [-0.15, -0.1) is 0 Å². The van der Waals surface area contributed by atoms with Gasteiger partial charge < -0.3 is 89.9 Å². The van der Waals surface area contributed by atoms with Gasteiger partial charge in [-0.1, -0.05) is 175 Å². The molecule has 3 fully saturated rings. The van der Waals surface area contributed by atoms with Gasteiger partial charge in [0.2, 0.25) is 5.91 Å². The van der Waals surface area contributed by atoms with Crippen LogP contribution in [0.5, 0.6) is 0 Å². The van der Waals surface area contributed by atoms with Crippen LogP contribution in [0.4, 0.5) is 0 Å². The number of hydrogen-bond donors (Lipinski definition) is 12. The first-order valence-electron chi connectivity index (χ1n) is 30.6. The lowest BCUT2D eigenvalue weighted by atomic mass is 9.96. The summed E-state index contributed by atoms with van der Waals surface area (Å²) in [5.41, 5.74) is 0. The van der Waals surface area contributed by atoms with E-state index in [1.165, 1.54) is 25.7 Å². The molecule has 0 spiro atoms. The van der Waals surface area contributed by atoms with Gasteiger partial charge >= 0.3 is 0 Å². The highest BCUT2D eigenvalue weighted by Crippen LogP contribution is 2.33. The van der Waals surface area contributed by atoms with Crippen molar-refractivity contribution in [2.24, 2.45) is 0 Å². The van der Waals surface area contributed by atoms with Crippen LogP contribution in [-0.2, 0) is 33.2 Å². The Labute approximate surface area is 494 Å². The van der Waals surface area contributed by atoms with Crippen LogP contribution in [0.3, 0.4) is 0 Å². The monoisotopic (exact) mass is 1180 g/mol. The van der Waals surface area contributed by atoms with Gasteiger partial charge in [0.25, 0.3) is 0 Å². The highest BCUT2D eigenvalue weighted by molar-refractivity contribution is 5.76. The van der Waals surface area contributed by atoms with E-state index >= 15 is 0 Å². The molecule has 3 rings (SSSR count). The SMILES string of the molecule is CC/C=C\C/C=C\C/C=C\C/C=C\C/C=C\C/C=C\C/C=C\CCCCCCCCCCCC(=O)NC(COC1OC(CO)C(OC2OC(CO)C(OC3OC(CO)C(O)C(O)C3O)C(O)C2O)C(O)C1O)C(O)/C=C/CC/C=C/CCC. The van der Waals surface area contributed by atoms with E-state index in [-0.39, 0.29) is 18.9 Å². The molecule has 1 amide bonds. The summed E-state index contributed by atoms with van der Waals surface area (Å²) in [6.45, 7) is 1.42. The molecule has 17 unspecified atom stereocenters. The smallest absolute Gasteiger partial charge is 0.220 e. The average molecular weight is 1180 g/mol. The number of allylic oxidation sites excluding steroid dienone is 17. The maximum Gasteiger partial charge on any atom is 0.220 e. The summed E-state index contributed by atoms with van der Waals surface area (Å²) < 4.78 is 34.1. The first-order chi connectivity index (χ1) is 40.3. The van der Waals surface area contributed by atoms with Gasteiger partial charge in [-0.2, -0.15) is 0 Å². The van der Waals surface area contributed by atoms with E-state index < -0.39 is 124 Å². The minimum absolute atomic E-state index is 0.219. The zero-order valence-corrected chi connectivity index (χ0v) is 49.4. The van der Waals surface area contributed by atoms with Crippen molar-refractivity contribution in [3.8, 4) is 0 Å². The fourth-order valence-corrected chi connectivity index (χ4v) is 9.54. The van der Waals surface area contributed by atoms with Gasteiger partial charge in [-0.3, -0.25) is 4.79 Å². The van der Waals surface area contributed by atoms with Crippen molar-refractivity contribution in [2.45, 2.75) is 259 Å². The molecule has 474 valence electrons. The summed E-state index contributed by atoms with van der Waals surface area (Å²) in [4.78, 5) is 13.3. The van der Waals surface area contributed by atoms with E-state index in [1.807, 2.05) is 0 Å². The molecule has 19 heteroatoms. The molecule has 0 bridgehead atoms. The third-order valence-corrected chi connectivity index (χ3v) is 14.5. The molecule has 0 aromatic rings. The van der Waals surface area contributed by atoms with Crippen molar-refractivity contribution in [1.82, 2.24) is 5.32 Å². The third kappa shape index (κ3) is 29.1. The van der Waals surface area contributed by atoms with Crippen molar-refractivity contribution in [1.29, 1.82) is 0 Å². The third-order valence-electron chi connectivity index (χ3n) is 14.5. The Bertz CT molecular complexity index is 1930. The molecule has 19 nitrogen and oxygen atoms in total. The lowest BCUT2D eigenvalue weighted by Crippen LogP contribution is -2.66. The van der Waals surface area contributed by atoms with Crippen LogP contribution in [0.2, 0.25) is 0 Å². The molecule has 0 aromatic heterocycles. The summed E-state index contributed by atoms with van der Waals surface area (Å²) >= 11 is 0. The van der Waals surface area contributed by atoms with E-state index in [4.69, 9.17) is 28.4 Å². The molecule has 0 radical (unpaired) electrons. The summed E-state index contributed by atoms with van der Waals surface area (Å²) in [6, 6.07) is -0.997. The second-order valence-corrected chi connectivity index (χ2v) is 21.4. The van der Waals surface area contributed by atoms with Crippen LogP contribution in [0, 0.1) is 0 Å².